The third kappa shape index (κ3) is 6.34. The minimum atomic E-state index is -0.0339. The lowest BCUT2D eigenvalue weighted by atomic mass is 9.88. The van der Waals surface area contributed by atoms with Gasteiger partial charge >= 0.3 is 0 Å². The molecule has 2 aromatic rings. The summed E-state index contributed by atoms with van der Waals surface area (Å²) in [5.41, 5.74) is 3.57. The predicted molar refractivity (Wildman–Crippen MR) is 130 cm³/mol. The minimum Gasteiger partial charge on any atom is -0.368 e. The third-order valence-corrected chi connectivity index (χ3v) is 7.09. The normalized spacial score (nSPS) is 19.1. The Kier molecular flexibility index (Phi) is 8.23. The van der Waals surface area contributed by atoms with Crippen molar-refractivity contribution in [1.29, 1.82) is 0 Å². The molecule has 2 fully saturated rings. The summed E-state index contributed by atoms with van der Waals surface area (Å²) in [5.74, 6) is 0.643. The summed E-state index contributed by atoms with van der Waals surface area (Å²) < 4.78 is 6.42. The molecule has 32 heavy (non-hydrogen) atoms. The van der Waals surface area contributed by atoms with Crippen molar-refractivity contribution in [3.8, 4) is 0 Å². The van der Waals surface area contributed by atoms with E-state index < -0.39 is 0 Å². The number of halogens is 1. The van der Waals surface area contributed by atoms with Gasteiger partial charge in [-0.15, -0.1) is 0 Å². The molecule has 5 heteroatoms. The van der Waals surface area contributed by atoms with Gasteiger partial charge in [0, 0.05) is 43.7 Å². The van der Waals surface area contributed by atoms with Crippen LogP contribution in [0.2, 0.25) is 5.02 Å². The second-order valence-electron chi connectivity index (χ2n) is 9.30. The Balaban J connectivity index is 1.35. The number of carbonyl (C=O) groups excluding carboxylic acids is 1. The Bertz CT molecular complexity index is 871. The summed E-state index contributed by atoms with van der Waals surface area (Å²) >= 11 is 6.12. The van der Waals surface area contributed by atoms with Gasteiger partial charge in [0.2, 0.25) is 5.91 Å². The topological polar surface area (TPSA) is 32.8 Å². The zero-order valence-electron chi connectivity index (χ0n) is 19.1. The molecule has 0 unspecified atom stereocenters. The van der Waals surface area contributed by atoms with E-state index in [1.54, 1.807) is 0 Å². The molecule has 1 heterocycles. The van der Waals surface area contributed by atoms with Gasteiger partial charge < -0.3 is 9.64 Å². The van der Waals surface area contributed by atoms with Crippen LogP contribution < -0.4 is 0 Å². The van der Waals surface area contributed by atoms with Crippen molar-refractivity contribution in [3.63, 3.8) is 0 Å². The van der Waals surface area contributed by atoms with Gasteiger partial charge in [-0.3, -0.25) is 9.69 Å². The van der Waals surface area contributed by atoms with E-state index in [-0.39, 0.29) is 12.0 Å². The fourth-order valence-electron chi connectivity index (χ4n) is 4.92. The monoisotopic (exact) mass is 454 g/mol. The summed E-state index contributed by atoms with van der Waals surface area (Å²) in [4.78, 5) is 17.4. The molecule has 1 amide bonds. The molecule has 1 saturated carbocycles. The number of carbonyl (C=O) groups is 1. The first-order valence-electron chi connectivity index (χ1n) is 12.0. The number of benzene rings is 2. The molecule has 0 aromatic heterocycles. The van der Waals surface area contributed by atoms with Crippen molar-refractivity contribution < 1.29 is 9.53 Å². The smallest absolute Gasteiger partial charge is 0.225 e. The average molecular weight is 455 g/mol. The Morgan fingerprint density at radius 2 is 1.75 bits per heavy atom. The van der Waals surface area contributed by atoms with Crippen molar-refractivity contribution in [2.45, 2.75) is 51.7 Å². The van der Waals surface area contributed by atoms with E-state index in [0.717, 1.165) is 56.2 Å². The van der Waals surface area contributed by atoms with Gasteiger partial charge in [0.1, 0.15) is 0 Å². The zero-order valence-corrected chi connectivity index (χ0v) is 19.9. The standard InChI is InChI=1S/C27H35ClN2O2/c1-21-6-5-7-22(18-21)20-32-26(23-10-12-25(28)13-11-23)19-29-14-16-30(17-15-29)27(31)24-8-3-2-4-9-24/h5-7,10-13,18,24,26H,2-4,8-9,14-17,19-20H2,1H3/t26-/m1/s1. The quantitative estimate of drug-likeness (QED) is 0.543. The molecule has 1 aliphatic heterocycles. The Labute approximate surface area is 197 Å². The van der Waals surface area contributed by atoms with Gasteiger partial charge in [0.05, 0.1) is 12.7 Å². The van der Waals surface area contributed by atoms with Crippen LogP contribution in [-0.4, -0.2) is 48.4 Å². The summed E-state index contributed by atoms with van der Waals surface area (Å²) in [6, 6.07) is 16.5. The van der Waals surface area contributed by atoms with E-state index in [1.165, 1.54) is 30.4 Å². The number of amides is 1. The van der Waals surface area contributed by atoms with Crippen molar-refractivity contribution in [3.05, 3.63) is 70.2 Å². The Hall–Kier alpha value is -1.88. The van der Waals surface area contributed by atoms with Crippen molar-refractivity contribution >= 4 is 17.5 Å². The summed E-state index contributed by atoms with van der Waals surface area (Å²) in [7, 11) is 0. The molecular formula is C27H35ClN2O2. The molecule has 0 radical (unpaired) electrons. The molecule has 172 valence electrons. The maximum Gasteiger partial charge on any atom is 0.225 e. The Morgan fingerprint density at radius 1 is 1.03 bits per heavy atom. The van der Waals surface area contributed by atoms with Crippen LogP contribution >= 0.6 is 11.6 Å². The molecule has 0 N–H and O–H groups in total. The number of aryl methyl sites for hydroxylation is 1. The number of hydrogen-bond acceptors (Lipinski definition) is 3. The van der Waals surface area contributed by atoms with E-state index in [9.17, 15) is 4.79 Å². The number of ether oxygens (including phenoxy) is 1. The van der Waals surface area contributed by atoms with Crippen LogP contribution in [0, 0.1) is 12.8 Å². The zero-order chi connectivity index (χ0) is 22.3. The maximum atomic E-state index is 12.9. The lowest BCUT2D eigenvalue weighted by Crippen LogP contribution is -2.51. The maximum absolute atomic E-state index is 12.9. The largest absolute Gasteiger partial charge is 0.368 e. The van der Waals surface area contributed by atoms with E-state index in [4.69, 9.17) is 16.3 Å². The fourth-order valence-corrected chi connectivity index (χ4v) is 5.05. The molecule has 0 bridgehead atoms. The highest BCUT2D eigenvalue weighted by Crippen LogP contribution is 2.27. The Morgan fingerprint density at radius 3 is 2.44 bits per heavy atom. The molecule has 2 aromatic carbocycles. The van der Waals surface area contributed by atoms with Gasteiger partial charge in [-0.1, -0.05) is 72.8 Å². The molecular weight excluding hydrogens is 420 g/mol. The van der Waals surface area contributed by atoms with E-state index in [1.807, 2.05) is 12.1 Å². The first-order chi connectivity index (χ1) is 15.6. The van der Waals surface area contributed by atoms with Crippen molar-refractivity contribution in [1.82, 2.24) is 9.80 Å². The molecule has 4 rings (SSSR count). The number of piperazine rings is 1. The van der Waals surface area contributed by atoms with E-state index in [2.05, 4.69) is 53.1 Å². The fraction of sp³-hybridized carbons (Fsp3) is 0.519. The van der Waals surface area contributed by atoms with E-state index >= 15 is 0 Å². The summed E-state index contributed by atoms with van der Waals surface area (Å²) in [5, 5.41) is 0.737. The van der Waals surface area contributed by atoms with Crippen LogP contribution in [0.5, 0.6) is 0 Å². The molecule has 1 aliphatic carbocycles. The van der Waals surface area contributed by atoms with Crippen molar-refractivity contribution in [2.24, 2.45) is 5.92 Å². The SMILES string of the molecule is Cc1cccc(CO[C@H](CN2CCN(C(=O)C3CCCCC3)CC2)c2ccc(Cl)cc2)c1. The van der Waals surface area contributed by atoms with Gasteiger partial charge in [0.15, 0.2) is 0 Å². The second kappa shape index (κ2) is 11.3. The van der Waals surface area contributed by atoms with Crippen LogP contribution in [0.4, 0.5) is 0 Å². The molecule has 4 nitrogen and oxygen atoms in total. The second-order valence-corrected chi connectivity index (χ2v) is 9.74. The number of rotatable bonds is 7. The lowest BCUT2D eigenvalue weighted by Gasteiger charge is -2.38. The predicted octanol–water partition coefficient (Wildman–Crippen LogP) is 5.63. The first-order valence-corrected chi connectivity index (χ1v) is 12.4. The number of nitrogens with zero attached hydrogens (tertiary/aromatic N) is 2. The van der Waals surface area contributed by atoms with Crippen LogP contribution in [0.15, 0.2) is 48.5 Å². The molecule has 1 atom stereocenters. The summed E-state index contributed by atoms with van der Waals surface area (Å²) in [6.45, 7) is 6.94. The first kappa shape index (κ1) is 23.3. The summed E-state index contributed by atoms with van der Waals surface area (Å²) in [6.07, 6.45) is 5.81. The van der Waals surface area contributed by atoms with Gasteiger partial charge in [0.25, 0.3) is 0 Å². The van der Waals surface area contributed by atoms with Gasteiger partial charge in [-0.2, -0.15) is 0 Å². The third-order valence-electron chi connectivity index (χ3n) is 6.84. The molecule has 0 spiro atoms. The van der Waals surface area contributed by atoms with Crippen LogP contribution in [0.3, 0.4) is 0 Å². The lowest BCUT2D eigenvalue weighted by molar-refractivity contribution is -0.138. The van der Waals surface area contributed by atoms with Gasteiger partial charge in [-0.25, -0.2) is 0 Å². The highest BCUT2D eigenvalue weighted by atomic mass is 35.5. The minimum absolute atomic E-state index is 0.0339. The van der Waals surface area contributed by atoms with E-state index in [0.29, 0.717) is 12.5 Å². The average Bonchev–Trinajstić information content (AvgIpc) is 2.83. The van der Waals surface area contributed by atoms with Crippen LogP contribution in [0.25, 0.3) is 0 Å². The van der Waals surface area contributed by atoms with Crippen LogP contribution in [-0.2, 0) is 16.1 Å². The van der Waals surface area contributed by atoms with Crippen molar-refractivity contribution in [2.75, 3.05) is 32.7 Å². The number of hydrogen-bond donors (Lipinski definition) is 0. The highest BCUT2D eigenvalue weighted by molar-refractivity contribution is 6.30. The molecule has 2 aliphatic rings. The molecule has 1 saturated heterocycles. The van der Waals surface area contributed by atoms with Gasteiger partial charge in [-0.05, 0) is 43.0 Å². The van der Waals surface area contributed by atoms with Crippen LogP contribution in [0.1, 0.15) is 54.9 Å². The highest BCUT2D eigenvalue weighted by Gasteiger charge is 2.29.